The van der Waals surface area contributed by atoms with Crippen molar-refractivity contribution in [2.45, 2.75) is 58.5 Å². The summed E-state index contributed by atoms with van der Waals surface area (Å²) in [5, 5.41) is 13.1. The Labute approximate surface area is 179 Å². The second-order valence-corrected chi connectivity index (χ2v) is 8.11. The van der Waals surface area contributed by atoms with Gasteiger partial charge in [0.15, 0.2) is 0 Å². The average Bonchev–Trinajstić information content (AvgIpc) is 3.23. The maximum Gasteiger partial charge on any atom is 0.222 e. The first kappa shape index (κ1) is 22.3. The van der Waals surface area contributed by atoms with E-state index in [1.165, 1.54) is 31.5 Å². The lowest BCUT2D eigenvalue weighted by Gasteiger charge is -2.21. The highest BCUT2D eigenvalue weighted by Crippen LogP contribution is 2.28. The molecule has 3 rings (SSSR count). The van der Waals surface area contributed by atoms with Crippen LogP contribution in [-0.2, 0) is 13.0 Å². The summed E-state index contributed by atoms with van der Waals surface area (Å²) in [4.78, 5) is 11.3. The maximum absolute atomic E-state index is 9.71. The minimum absolute atomic E-state index is 0.0464. The molecule has 30 heavy (non-hydrogen) atoms. The molecule has 1 aliphatic heterocycles. The van der Waals surface area contributed by atoms with Crippen LogP contribution in [0.3, 0.4) is 0 Å². The summed E-state index contributed by atoms with van der Waals surface area (Å²) in [5.41, 5.74) is 10.1. The van der Waals surface area contributed by atoms with Crippen LogP contribution in [0, 0.1) is 6.92 Å². The number of aromatic nitrogens is 2. The highest BCUT2D eigenvalue weighted by Gasteiger charge is 2.18. The topological polar surface area (TPSA) is 96.5 Å². The number of hydrogen-bond acceptors (Lipinski definition) is 7. The number of aliphatic hydroxyl groups is 1. The van der Waals surface area contributed by atoms with Gasteiger partial charge >= 0.3 is 0 Å². The normalized spacial score (nSPS) is 15.3. The zero-order chi connectivity index (χ0) is 21.5. The molecule has 1 fully saturated rings. The summed E-state index contributed by atoms with van der Waals surface area (Å²) in [6.45, 7) is 7.39. The molecule has 1 aromatic carbocycles. The summed E-state index contributed by atoms with van der Waals surface area (Å²) in [5.74, 6) is 1.80. The smallest absolute Gasteiger partial charge is 0.222 e. The number of rotatable bonds is 10. The van der Waals surface area contributed by atoms with E-state index in [2.05, 4.69) is 45.3 Å². The highest BCUT2D eigenvalue weighted by molar-refractivity contribution is 5.53. The summed E-state index contributed by atoms with van der Waals surface area (Å²) in [6.07, 6.45) is 5.03. The molecule has 4 N–H and O–H groups in total. The maximum atomic E-state index is 9.71. The van der Waals surface area contributed by atoms with Gasteiger partial charge in [-0.3, -0.25) is 4.90 Å². The first-order valence-electron chi connectivity index (χ1n) is 10.9. The van der Waals surface area contributed by atoms with Crippen LogP contribution in [-0.4, -0.2) is 52.8 Å². The van der Waals surface area contributed by atoms with Crippen LogP contribution in [0.25, 0.3) is 0 Å². The monoisotopic (exact) mass is 413 g/mol. The lowest BCUT2D eigenvalue weighted by atomic mass is 10.0. The number of nitrogens with zero attached hydrogens (tertiary/aromatic N) is 3. The Kier molecular flexibility index (Phi) is 7.87. The molecule has 2 aromatic rings. The van der Waals surface area contributed by atoms with Crippen LogP contribution in [0.1, 0.15) is 55.0 Å². The molecule has 0 bridgehead atoms. The molecule has 1 aromatic heterocycles. The predicted octanol–water partition coefficient (Wildman–Crippen LogP) is 3.14. The van der Waals surface area contributed by atoms with Crippen molar-refractivity contribution in [1.29, 1.82) is 0 Å². The average molecular weight is 414 g/mol. The van der Waals surface area contributed by atoms with Crippen molar-refractivity contribution < 1.29 is 9.84 Å². The van der Waals surface area contributed by atoms with Crippen LogP contribution in [0.2, 0.25) is 0 Å². The van der Waals surface area contributed by atoms with Crippen LogP contribution >= 0.6 is 0 Å². The molecule has 7 nitrogen and oxygen atoms in total. The van der Waals surface area contributed by atoms with E-state index in [1.807, 2.05) is 6.92 Å². The van der Waals surface area contributed by atoms with Gasteiger partial charge in [0.05, 0.1) is 19.8 Å². The van der Waals surface area contributed by atoms with Crippen molar-refractivity contribution in [1.82, 2.24) is 14.9 Å². The molecule has 2 heterocycles. The standard InChI is InChI=1S/C23H35N5O2/c1-4-7-19(15-29)26-22-20(16(2)25-23(24)27-22)13-18-9-8-17(12-21(18)30-3)14-28-10-5-6-11-28/h8-9,12,19,29H,4-7,10-11,13-15H2,1-3H3,(H3,24,25,26,27). The van der Waals surface area contributed by atoms with E-state index in [0.29, 0.717) is 12.2 Å². The number of aryl methyl sites for hydroxylation is 1. The quantitative estimate of drug-likeness (QED) is 0.551. The second-order valence-electron chi connectivity index (χ2n) is 8.11. The van der Waals surface area contributed by atoms with Crippen LogP contribution in [0.15, 0.2) is 18.2 Å². The Balaban J connectivity index is 1.85. The number of ether oxygens (including phenoxy) is 1. The Morgan fingerprint density at radius 3 is 2.70 bits per heavy atom. The van der Waals surface area contributed by atoms with Gasteiger partial charge in [-0.15, -0.1) is 0 Å². The second kappa shape index (κ2) is 10.6. The van der Waals surface area contributed by atoms with Crippen molar-refractivity contribution in [3.63, 3.8) is 0 Å². The zero-order valence-corrected chi connectivity index (χ0v) is 18.4. The zero-order valence-electron chi connectivity index (χ0n) is 18.4. The molecule has 1 atom stereocenters. The molecule has 1 unspecified atom stereocenters. The number of hydrogen-bond donors (Lipinski definition) is 3. The molecule has 7 heteroatoms. The summed E-state index contributed by atoms with van der Waals surface area (Å²) in [7, 11) is 1.72. The summed E-state index contributed by atoms with van der Waals surface area (Å²) >= 11 is 0. The van der Waals surface area contributed by atoms with Crippen molar-refractivity contribution in [3.05, 3.63) is 40.6 Å². The van der Waals surface area contributed by atoms with Crippen molar-refractivity contribution in [2.75, 3.05) is 37.9 Å². The van der Waals surface area contributed by atoms with E-state index in [4.69, 9.17) is 10.5 Å². The molecule has 0 spiro atoms. The SMILES string of the molecule is CCCC(CO)Nc1nc(N)nc(C)c1Cc1ccc(CN2CCCC2)cc1OC. The number of benzene rings is 1. The number of aliphatic hydroxyl groups excluding tert-OH is 1. The Morgan fingerprint density at radius 2 is 2.03 bits per heavy atom. The Hall–Kier alpha value is -2.38. The van der Waals surface area contributed by atoms with Gasteiger partial charge in [0.1, 0.15) is 11.6 Å². The van der Waals surface area contributed by atoms with E-state index in [1.54, 1.807) is 7.11 Å². The molecular formula is C23H35N5O2. The largest absolute Gasteiger partial charge is 0.496 e. The van der Waals surface area contributed by atoms with E-state index < -0.39 is 0 Å². The third-order valence-corrected chi connectivity index (χ3v) is 5.75. The van der Waals surface area contributed by atoms with Crippen molar-refractivity contribution in [3.8, 4) is 5.75 Å². The summed E-state index contributed by atoms with van der Waals surface area (Å²) in [6, 6.07) is 6.40. The van der Waals surface area contributed by atoms with Crippen LogP contribution in [0.4, 0.5) is 11.8 Å². The fourth-order valence-electron chi connectivity index (χ4n) is 4.12. The third kappa shape index (κ3) is 5.61. The molecule has 0 radical (unpaired) electrons. The minimum atomic E-state index is -0.0628. The van der Waals surface area contributed by atoms with Gasteiger partial charge in [0.2, 0.25) is 5.95 Å². The lowest BCUT2D eigenvalue weighted by molar-refractivity contribution is 0.268. The van der Waals surface area contributed by atoms with Gasteiger partial charge in [-0.2, -0.15) is 4.98 Å². The lowest BCUT2D eigenvalue weighted by Crippen LogP contribution is -2.25. The predicted molar refractivity (Wildman–Crippen MR) is 121 cm³/mol. The number of nitrogen functional groups attached to an aromatic ring is 1. The molecule has 1 aliphatic rings. The first-order valence-corrected chi connectivity index (χ1v) is 10.9. The fourth-order valence-corrected chi connectivity index (χ4v) is 4.12. The van der Waals surface area contributed by atoms with E-state index in [-0.39, 0.29) is 18.6 Å². The minimum Gasteiger partial charge on any atom is -0.496 e. The Morgan fingerprint density at radius 1 is 1.27 bits per heavy atom. The number of nitrogens with one attached hydrogen (secondary N) is 1. The van der Waals surface area contributed by atoms with Crippen LogP contribution in [0.5, 0.6) is 5.75 Å². The van der Waals surface area contributed by atoms with Gasteiger partial charge in [-0.1, -0.05) is 25.5 Å². The molecule has 0 amide bonds. The molecule has 0 saturated carbocycles. The first-order chi connectivity index (χ1) is 14.5. The summed E-state index contributed by atoms with van der Waals surface area (Å²) < 4.78 is 5.72. The highest BCUT2D eigenvalue weighted by atomic mass is 16.5. The van der Waals surface area contributed by atoms with Gasteiger partial charge in [-0.05, 0) is 56.5 Å². The number of anilines is 2. The van der Waals surface area contributed by atoms with Gasteiger partial charge < -0.3 is 20.9 Å². The van der Waals surface area contributed by atoms with E-state index >= 15 is 0 Å². The number of methoxy groups -OCH3 is 1. The molecule has 164 valence electrons. The van der Waals surface area contributed by atoms with Gasteiger partial charge in [0.25, 0.3) is 0 Å². The fraction of sp³-hybridized carbons (Fsp3) is 0.565. The Bertz CT molecular complexity index is 837. The molecule has 1 saturated heterocycles. The molecule has 0 aliphatic carbocycles. The third-order valence-electron chi connectivity index (χ3n) is 5.75. The number of likely N-dealkylation sites (tertiary alicyclic amines) is 1. The van der Waals surface area contributed by atoms with E-state index in [9.17, 15) is 5.11 Å². The van der Waals surface area contributed by atoms with Crippen molar-refractivity contribution in [2.24, 2.45) is 0 Å². The van der Waals surface area contributed by atoms with Crippen molar-refractivity contribution >= 4 is 11.8 Å². The van der Waals surface area contributed by atoms with Gasteiger partial charge in [0, 0.05) is 24.2 Å². The van der Waals surface area contributed by atoms with E-state index in [0.717, 1.165) is 42.0 Å². The van der Waals surface area contributed by atoms with Crippen LogP contribution < -0.4 is 15.8 Å². The molecular weight excluding hydrogens is 378 g/mol. The number of nitrogens with two attached hydrogens (primary N) is 1. The van der Waals surface area contributed by atoms with Gasteiger partial charge in [-0.25, -0.2) is 4.98 Å².